The van der Waals surface area contributed by atoms with E-state index in [1.54, 1.807) is 13.0 Å². The Hall–Kier alpha value is -2.15. The Bertz CT molecular complexity index is 946. The van der Waals surface area contributed by atoms with Crippen molar-refractivity contribution in [2.45, 2.75) is 32.6 Å². The summed E-state index contributed by atoms with van der Waals surface area (Å²) < 4.78 is 8.04. The Balaban J connectivity index is 1.58. The Labute approximate surface area is 153 Å². The van der Waals surface area contributed by atoms with Gasteiger partial charge >= 0.3 is 5.97 Å². The molecule has 0 amide bonds. The van der Waals surface area contributed by atoms with E-state index in [0.717, 1.165) is 27.4 Å². The van der Waals surface area contributed by atoms with Gasteiger partial charge in [-0.05, 0) is 58.8 Å². The van der Waals surface area contributed by atoms with Crippen LogP contribution < -0.4 is 0 Å². The van der Waals surface area contributed by atoms with Crippen LogP contribution in [0.3, 0.4) is 0 Å². The van der Waals surface area contributed by atoms with E-state index >= 15 is 0 Å². The fourth-order valence-electron chi connectivity index (χ4n) is 3.16. The lowest BCUT2D eigenvalue weighted by Crippen LogP contribution is -2.04. The molecular formula is C18H19BrN4O2. The highest BCUT2D eigenvalue weighted by Gasteiger charge is 2.34. The molecule has 0 spiro atoms. The minimum atomic E-state index is -0.411. The summed E-state index contributed by atoms with van der Waals surface area (Å²) in [7, 11) is 0. The number of hydrogen-bond donors (Lipinski definition) is 1. The van der Waals surface area contributed by atoms with E-state index < -0.39 is 5.97 Å². The number of nitrogens with zero attached hydrogens (tertiary/aromatic N) is 3. The maximum atomic E-state index is 11.7. The second-order valence-corrected chi connectivity index (χ2v) is 7.43. The normalized spacial score (nSPS) is 19.3. The second kappa shape index (κ2) is 6.29. The molecule has 0 saturated heterocycles. The summed E-state index contributed by atoms with van der Waals surface area (Å²) in [5.41, 5.74) is 4.30. The minimum absolute atomic E-state index is 0.298. The maximum absolute atomic E-state index is 11.7. The number of ether oxygens (including phenoxy) is 1. The molecule has 0 radical (unpaired) electrons. The average molecular weight is 403 g/mol. The monoisotopic (exact) mass is 402 g/mol. The highest BCUT2D eigenvalue weighted by atomic mass is 79.9. The van der Waals surface area contributed by atoms with Gasteiger partial charge in [0.2, 0.25) is 0 Å². The summed E-state index contributed by atoms with van der Waals surface area (Å²) in [5.74, 6) is 1.01. The molecule has 3 aromatic rings. The largest absolute Gasteiger partial charge is 0.461 e. The first-order valence-electron chi connectivity index (χ1n) is 8.43. The molecule has 1 fully saturated rings. The number of rotatable bonds is 5. The van der Waals surface area contributed by atoms with Crippen molar-refractivity contribution >= 4 is 27.5 Å². The first-order valence-corrected chi connectivity index (χ1v) is 9.23. The van der Waals surface area contributed by atoms with E-state index in [1.807, 2.05) is 6.20 Å². The number of H-pyrrole nitrogens is 1. The van der Waals surface area contributed by atoms with Gasteiger partial charge in [0.15, 0.2) is 11.3 Å². The van der Waals surface area contributed by atoms with E-state index in [2.05, 4.69) is 54.7 Å². The van der Waals surface area contributed by atoms with Crippen molar-refractivity contribution in [3.63, 3.8) is 0 Å². The Morgan fingerprint density at radius 1 is 1.44 bits per heavy atom. The molecule has 130 valence electrons. The number of carbonyl (C=O) groups is 1. The third-order valence-corrected chi connectivity index (χ3v) is 5.19. The van der Waals surface area contributed by atoms with Crippen LogP contribution in [0.15, 0.2) is 29.0 Å². The van der Waals surface area contributed by atoms with Crippen molar-refractivity contribution < 1.29 is 9.53 Å². The highest BCUT2D eigenvalue weighted by Crippen LogP contribution is 2.47. The van der Waals surface area contributed by atoms with Crippen LogP contribution in [0, 0.1) is 5.92 Å². The highest BCUT2D eigenvalue weighted by molar-refractivity contribution is 9.10. The van der Waals surface area contributed by atoms with Gasteiger partial charge in [0.05, 0.1) is 16.8 Å². The summed E-state index contributed by atoms with van der Waals surface area (Å²) in [6, 6.07) is 3.89. The van der Waals surface area contributed by atoms with Crippen molar-refractivity contribution in [3.05, 3.63) is 51.6 Å². The number of imidazole rings is 1. The molecule has 1 aliphatic carbocycles. The van der Waals surface area contributed by atoms with Crippen LogP contribution in [0.5, 0.6) is 0 Å². The molecule has 0 bridgehead atoms. The topological polar surface area (TPSA) is 72.3 Å². The minimum Gasteiger partial charge on any atom is -0.461 e. The molecule has 0 aliphatic heterocycles. The molecule has 1 N–H and O–H groups in total. The van der Waals surface area contributed by atoms with Crippen molar-refractivity contribution in [2.24, 2.45) is 5.92 Å². The van der Waals surface area contributed by atoms with Crippen LogP contribution in [0.25, 0.3) is 5.65 Å². The molecule has 1 saturated carbocycles. The lowest BCUT2D eigenvalue weighted by atomic mass is 10.1. The van der Waals surface area contributed by atoms with Crippen LogP contribution in [0.1, 0.15) is 53.6 Å². The van der Waals surface area contributed by atoms with Crippen LogP contribution >= 0.6 is 15.9 Å². The number of hydrogen-bond acceptors (Lipinski definition) is 4. The maximum Gasteiger partial charge on any atom is 0.358 e. The molecule has 1 aliphatic rings. The number of fused-ring (bicyclic) bond motifs is 1. The zero-order chi connectivity index (χ0) is 17.6. The van der Waals surface area contributed by atoms with Crippen LogP contribution in [-0.4, -0.2) is 32.2 Å². The van der Waals surface area contributed by atoms with Gasteiger partial charge in [0, 0.05) is 24.5 Å². The van der Waals surface area contributed by atoms with Crippen LogP contribution in [-0.2, 0) is 11.2 Å². The van der Waals surface area contributed by atoms with Gasteiger partial charge in [-0.2, -0.15) is 5.10 Å². The second-order valence-electron chi connectivity index (χ2n) is 6.58. The fraction of sp³-hybridized carbons (Fsp3) is 0.389. The predicted molar refractivity (Wildman–Crippen MR) is 96.8 cm³/mol. The molecule has 1 unspecified atom stereocenters. The van der Waals surface area contributed by atoms with Crippen molar-refractivity contribution in [1.29, 1.82) is 0 Å². The molecule has 4 rings (SSSR count). The predicted octanol–water partition coefficient (Wildman–Crippen LogP) is 3.71. The lowest BCUT2D eigenvalue weighted by Gasteiger charge is -2.02. The molecule has 3 heterocycles. The quantitative estimate of drug-likeness (QED) is 0.660. The number of nitrogens with one attached hydrogen (secondary N) is 1. The Morgan fingerprint density at radius 2 is 2.24 bits per heavy atom. The lowest BCUT2D eigenvalue weighted by molar-refractivity contribution is 0.0519. The average Bonchev–Trinajstić information content (AvgIpc) is 2.98. The third kappa shape index (κ3) is 3.20. The van der Waals surface area contributed by atoms with Gasteiger partial charge in [-0.15, -0.1) is 0 Å². The number of aromatic nitrogens is 4. The van der Waals surface area contributed by atoms with Gasteiger partial charge in [0.25, 0.3) is 0 Å². The first kappa shape index (κ1) is 16.3. The number of carbonyl (C=O) groups excluding carboxylic acids is 1. The standard InChI is InChI=1S/C18H19BrN4O2/c1-3-25-18(24)16-7-12(21-22-16)6-13-9-23-8-11(14-4-10(14)2)5-15(19)17(23)20-13/h5,7-10,14H,3-4,6H2,1-2H3,(H,21,22)/t10-,14?/m1/s1. The van der Waals surface area contributed by atoms with E-state index in [0.29, 0.717) is 24.6 Å². The first-order chi connectivity index (χ1) is 12.0. The molecule has 2 atom stereocenters. The number of pyridine rings is 1. The van der Waals surface area contributed by atoms with E-state index in [-0.39, 0.29) is 0 Å². The fourth-order valence-corrected chi connectivity index (χ4v) is 3.72. The van der Waals surface area contributed by atoms with E-state index in [1.165, 1.54) is 12.0 Å². The smallest absolute Gasteiger partial charge is 0.358 e. The van der Waals surface area contributed by atoms with Crippen molar-refractivity contribution in [3.8, 4) is 0 Å². The zero-order valence-corrected chi connectivity index (χ0v) is 15.7. The van der Waals surface area contributed by atoms with Crippen LogP contribution in [0.2, 0.25) is 0 Å². The van der Waals surface area contributed by atoms with E-state index in [9.17, 15) is 4.79 Å². The van der Waals surface area contributed by atoms with Crippen molar-refractivity contribution in [2.75, 3.05) is 6.61 Å². The molecule has 7 heteroatoms. The summed E-state index contributed by atoms with van der Waals surface area (Å²) in [4.78, 5) is 16.4. The molecule has 0 aromatic carbocycles. The Kier molecular flexibility index (Phi) is 4.11. The Morgan fingerprint density at radius 3 is 2.96 bits per heavy atom. The van der Waals surface area contributed by atoms with Gasteiger partial charge in [-0.25, -0.2) is 9.78 Å². The molecular weight excluding hydrogens is 384 g/mol. The van der Waals surface area contributed by atoms with Crippen molar-refractivity contribution in [1.82, 2.24) is 19.6 Å². The summed E-state index contributed by atoms with van der Waals surface area (Å²) in [6.07, 6.45) is 6.03. The number of halogens is 1. The molecule has 6 nitrogen and oxygen atoms in total. The van der Waals surface area contributed by atoms with E-state index in [4.69, 9.17) is 4.74 Å². The summed E-state index contributed by atoms with van der Waals surface area (Å²) in [6.45, 7) is 4.39. The zero-order valence-electron chi connectivity index (χ0n) is 14.1. The third-order valence-electron chi connectivity index (χ3n) is 4.60. The van der Waals surface area contributed by atoms with Gasteiger partial charge in [0.1, 0.15) is 0 Å². The SMILES string of the molecule is CCOC(=O)c1cc(Cc2cn3cc(C4C[C@H]4C)cc(Br)c3n2)[nH]n1. The summed E-state index contributed by atoms with van der Waals surface area (Å²) >= 11 is 3.64. The number of aromatic amines is 1. The van der Waals surface area contributed by atoms with Gasteiger partial charge in [-0.3, -0.25) is 5.10 Å². The van der Waals surface area contributed by atoms with Crippen LogP contribution in [0.4, 0.5) is 0 Å². The van der Waals surface area contributed by atoms with Gasteiger partial charge in [-0.1, -0.05) is 6.92 Å². The number of esters is 1. The molecule has 3 aromatic heterocycles. The molecule has 25 heavy (non-hydrogen) atoms. The van der Waals surface area contributed by atoms with Gasteiger partial charge < -0.3 is 9.14 Å². The summed E-state index contributed by atoms with van der Waals surface area (Å²) in [5, 5.41) is 6.90.